The zero-order valence-corrected chi connectivity index (χ0v) is 13.1. The fourth-order valence-corrected chi connectivity index (χ4v) is 3.22. The molecule has 1 N–H and O–H groups in total. The maximum absolute atomic E-state index is 13.1. The number of carbonyl (C=O) groups excluding carboxylic acids is 1. The summed E-state index contributed by atoms with van der Waals surface area (Å²) in [5.74, 6) is -1.73. The van der Waals surface area contributed by atoms with Crippen molar-refractivity contribution in [2.45, 2.75) is 25.8 Å². The summed E-state index contributed by atoms with van der Waals surface area (Å²) in [6.45, 7) is 2.27. The first kappa shape index (κ1) is 15.2. The second kappa shape index (κ2) is 6.07. The van der Waals surface area contributed by atoms with Crippen molar-refractivity contribution in [2.75, 3.05) is 6.54 Å². The first-order valence-electron chi connectivity index (χ1n) is 6.39. The summed E-state index contributed by atoms with van der Waals surface area (Å²) in [6.07, 6.45) is 0.919. The van der Waals surface area contributed by atoms with Gasteiger partial charge in [-0.25, -0.2) is 4.39 Å². The Hall–Kier alpha value is -1.18. The lowest BCUT2D eigenvalue weighted by Gasteiger charge is -2.36. The van der Waals surface area contributed by atoms with Gasteiger partial charge in [0.2, 0.25) is 0 Å². The van der Waals surface area contributed by atoms with E-state index in [1.165, 1.54) is 18.2 Å². The van der Waals surface area contributed by atoms with Crippen molar-refractivity contribution in [3.8, 4) is 0 Å². The maximum atomic E-state index is 13.1. The van der Waals surface area contributed by atoms with Gasteiger partial charge in [0.15, 0.2) is 0 Å². The zero-order valence-electron chi connectivity index (χ0n) is 11.0. The Bertz CT molecular complexity index is 549. The van der Waals surface area contributed by atoms with Crippen molar-refractivity contribution in [1.82, 2.24) is 4.90 Å². The third-order valence-electron chi connectivity index (χ3n) is 3.65. The normalized spacial score (nSPS) is 22.6. The fourth-order valence-electron chi connectivity index (χ4n) is 2.52. The molecule has 1 amide bonds. The monoisotopic (exact) mass is 391 g/mol. The number of aliphatic carboxylic acids is 1. The second-order valence-electron chi connectivity index (χ2n) is 5.03. The molecule has 2 unspecified atom stereocenters. The molecule has 1 fully saturated rings. The van der Waals surface area contributed by atoms with Crippen molar-refractivity contribution in [3.63, 3.8) is 0 Å². The number of amides is 1. The molecule has 0 radical (unpaired) electrons. The molecule has 0 saturated carbocycles. The van der Waals surface area contributed by atoms with E-state index >= 15 is 0 Å². The number of hydrogen-bond acceptors (Lipinski definition) is 2. The molecule has 0 bridgehead atoms. The number of carboxylic acid groups (broad SMARTS) is 1. The third kappa shape index (κ3) is 3.11. The minimum Gasteiger partial charge on any atom is -0.481 e. The lowest BCUT2D eigenvalue weighted by atomic mass is 9.91. The molecule has 1 saturated heterocycles. The van der Waals surface area contributed by atoms with Crippen LogP contribution in [0.3, 0.4) is 0 Å². The van der Waals surface area contributed by atoms with Gasteiger partial charge in [0.25, 0.3) is 5.91 Å². The van der Waals surface area contributed by atoms with Gasteiger partial charge < -0.3 is 10.0 Å². The highest BCUT2D eigenvalue weighted by molar-refractivity contribution is 14.1. The lowest BCUT2D eigenvalue weighted by molar-refractivity contribution is -0.143. The molecule has 4 nitrogen and oxygen atoms in total. The number of likely N-dealkylation sites (tertiary alicyclic amines) is 1. The Labute approximate surface area is 130 Å². The van der Waals surface area contributed by atoms with Crippen molar-refractivity contribution < 1.29 is 19.1 Å². The lowest BCUT2D eigenvalue weighted by Crippen LogP contribution is -2.46. The van der Waals surface area contributed by atoms with Crippen LogP contribution in [0.5, 0.6) is 0 Å². The summed E-state index contributed by atoms with van der Waals surface area (Å²) in [5.41, 5.74) is 0.465. The summed E-state index contributed by atoms with van der Waals surface area (Å²) in [6, 6.07) is 3.94. The summed E-state index contributed by atoms with van der Waals surface area (Å²) in [4.78, 5) is 25.1. The number of carbonyl (C=O) groups is 2. The molecule has 1 aliphatic rings. The Morgan fingerprint density at radius 1 is 1.45 bits per heavy atom. The molecule has 2 atom stereocenters. The van der Waals surface area contributed by atoms with E-state index in [1.54, 1.807) is 4.90 Å². The number of piperidine rings is 1. The predicted molar refractivity (Wildman–Crippen MR) is 80.0 cm³/mol. The van der Waals surface area contributed by atoms with Crippen molar-refractivity contribution in [2.24, 2.45) is 5.92 Å². The molecule has 0 aliphatic carbocycles. The topological polar surface area (TPSA) is 57.6 Å². The summed E-state index contributed by atoms with van der Waals surface area (Å²) in [5, 5.41) is 9.03. The van der Waals surface area contributed by atoms with Crippen LogP contribution in [-0.4, -0.2) is 34.5 Å². The first-order chi connectivity index (χ1) is 9.40. The van der Waals surface area contributed by atoms with E-state index in [4.69, 9.17) is 5.11 Å². The van der Waals surface area contributed by atoms with Crippen LogP contribution in [0.2, 0.25) is 0 Å². The molecule has 1 aromatic rings. The van der Waals surface area contributed by atoms with Crippen LogP contribution < -0.4 is 0 Å². The summed E-state index contributed by atoms with van der Waals surface area (Å²) >= 11 is 1.94. The van der Waals surface area contributed by atoms with Crippen molar-refractivity contribution in [3.05, 3.63) is 33.1 Å². The average molecular weight is 391 g/mol. The van der Waals surface area contributed by atoms with Crippen LogP contribution >= 0.6 is 22.6 Å². The Morgan fingerprint density at radius 3 is 2.70 bits per heavy atom. The van der Waals surface area contributed by atoms with Gasteiger partial charge in [-0.2, -0.15) is 0 Å². The highest BCUT2D eigenvalue weighted by Crippen LogP contribution is 2.26. The van der Waals surface area contributed by atoms with Crippen LogP contribution in [0.15, 0.2) is 18.2 Å². The van der Waals surface area contributed by atoms with E-state index < -0.39 is 5.97 Å². The van der Waals surface area contributed by atoms with Crippen LogP contribution in [0.1, 0.15) is 30.1 Å². The Morgan fingerprint density at radius 2 is 2.15 bits per heavy atom. The second-order valence-corrected chi connectivity index (χ2v) is 6.19. The van der Waals surface area contributed by atoms with Gasteiger partial charge in [-0.3, -0.25) is 9.59 Å². The quantitative estimate of drug-likeness (QED) is 0.789. The standard InChI is InChI=1S/C14H15FINO3/c1-8-6-9(14(19)20)4-5-17(8)13(18)11-3-2-10(15)7-12(11)16/h2-3,7-9H,4-6H2,1H3,(H,19,20). The van der Waals surface area contributed by atoms with E-state index in [0.717, 1.165) is 0 Å². The van der Waals surface area contributed by atoms with Gasteiger partial charge in [-0.05, 0) is 60.6 Å². The molecule has 1 aliphatic heterocycles. The summed E-state index contributed by atoms with van der Waals surface area (Å²) < 4.78 is 13.6. The van der Waals surface area contributed by atoms with E-state index in [1.807, 2.05) is 29.5 Å². The molecular weight excluding hydrogens is 376 g/mol. The van der Waals surface area contributed by atoms with E-state index in [2.05, 4.69) is 0 Å². The van der Waals surface area contributed by atoms with Crippen LogP contribution in [-0.2, 0) is 4.79 Å². The number of nitrogens with zero attached hydrogens (tertiary/aromatic N) is 1. The van der Waals surface area contributed by atoms with E-state index in [-0.39, 0.29) is 23.7 Å². The van der Waals surface area contributed by atoms with Crippen LogP contribution in [0.4, 0.5) is 4.39 Å². The molecule has 2 rings (SSSR count). The predicted octanol–water partition coefficient (Wildman–Crippen LogP) is 2.76. The Balaban J connectivity index is 2.16. The highest BCUT2D eigenvalue weighted by Gasteiger charge is 2.33. The molecular formula is C14H15FINO3. The highest BCUT2D eigenvalue weighted by atomic mass is 127. The van der Waals surface area contributed by atoms with Gasteiger partial charge in [0, 0.05) is 16.2 Å². The van der Waals surface area contributed by atoms with Crippen molar-refractivity contribution >= 4 is 34.5 Å². The van der Waals surface area contributed by atoms with Gasteiger partial charge in [0.05, 0.1) is 11.5 Å². The average Bonchev–Trinajstić information content (AvgIpc) is 2.37. The smallest absolute Gasteiger partial charge is 0.306 e. The SMILES string of the molecule is CC1CC(C(=O)O)CCN1C(=O)c1ccc(F)cc1I. The molecule has 1 heterocycles. The van der Waals surface area contributed by atoms with Gasteiger partial charge in [-0.1, -0.05) is 0 Å². The number of halogens is 2. The van der Waals surface area contributed by atoms with E-state index in [0.29, 0.717) is 28.5 Å². The van der Waals surface area contributed by atoms with E-state index in [9.17, 15) is 14.0 Å². The van der Waals surface area contributed by atoms with Gasteiger partial charge >= 0.3 is 5.97 Å². The third-order valence-corrected chi connectivity index (χ3v) is 4.54. The number of carboxylic acids is 1. The molecule has 6 heteroatoms. The molecule has 0 aromatic heterocycles. The number of rotatable bonds is 2. The zero-order chi connectivity index (χ0) is 14.9. The number of benzene rings is 1. The molecule has 0 spiro atoms. The van der Waals surface area contributed by atoms with Crippen LogP contribution in [0, 0.1) is 15.3 Å². The molecule has 20 heavy (non-hydrogen) atoms. The summed E-state index contributed by atoms with van der Waals surface area (Å²) in [7, 11) is 0. The minimum absolute atomic E-state index is 0.127. The van der Waals surface area contributed by atoms with Crippen LogP contribution in [0.25, 0.3) is 0 Å². The largest absolute Gasteiger partial charge is 0.481 e. The Kier molecular flexibility index (Phi) is 4.62. The molecule has 108 valence electrons. The van der Waals surface area contributed by atoms with Gasteiger partial charge in [0.1, 0.15) is 5.82 Å². The minimum atomic E-state index is -0.805. The fraction of sp³-hybridized carbons (Fsp3) is 0.429. The maximum Gasteiger partial charge on any atom is 0.306 e. The van der Waals surface area contributed by atoms with Gasteiger partial charge in [-0.15, -0.1) is 0 Å². The molecule has 1 aromatic carbocycles. The van der Waals surface area contributed by atoms with Crippen molar-refractivity contribution in [1.29, 1.82) is 0 Å². The first-order valence-corrected chi connectivity index (χ1v) is 7.47. The number of hydrogen-bond donors (Lipinski definition) is 1.